The zero-order valence-electron chi connectivity index (χ0n) is 18.7. The third-order valence-electron chi connectivity index (χ3n) is 6.27. The molecular weight excluding hydrogens is 392 g/mol. The molecule has 166 valence electrons. The first-order chi connectivity index (χ1) is 15.1. The Balaban J connectivity index is 1.49. The number of methoxy groups -OCH3 is 1. The number of hydrogen-bond acceptors (Lipinski definition) is 5. The van der Waals surface area contributed by atoms with Gasteiger partial charge in [-0.1, -0.05) is 18.2 Å². The third kappa shape index (κ3) is 4.86. The lowest BCUT2D eigenvalue weighted by Crippen LogP contribution is -2.47. The molecule has 0 unspecified atom stereocenters. The Morgan fingerprint density at radius 3 is 2.68 bits per heavy atom. The highest BCUT2D eigenvalue weighted by atomic mass is 16.5. The predicted molar refractivity (Wildman–Crippen MR) is 121 cm³/mol. The van der Waals surface area contributed by atoms with Crippen LogP contribution in [0.1, 0.15) is 24.5 Å². The molecule has 0 spiro atoms. The highest BCUT2D eigenvalue weighted by molar-refractivity contribution is 5.94. The number of ether oxygens (including phenoxy) is 3. The van der Waals surface area contributed by atoms with Crippen molar-refractivity contribution >= 4 is 11.6 Å². The van der Waals surface area contributed by atoms with E-state index in [1.807, 2.05) is 42.2 Å². The molecule has 0 saturated carbocycles. The van der Waals surface area contributed by atoms with E-state index in [1.165, 1.54) is 11.1 Å². The zero-order chi connectivity index (χ0) is 21.8. The molecule has 2 aliphatic heterocycles. The van der Waals surface area contributed by atoms with Crippen molar-refractivity contribution in [2.75, 3.05) is 44.9 Å². The molecule has 2 aromatic rings. The Kier molecular flexibility index (Phi) is 6.78. The molecule has 2 heterocycles. The first-order valence-electron chi connectivity index (χ1n) is 11.1. The summed E-state index contributed by atoms with van der Waals surface area (Å²) >= 11 is 0. The molecule has 0 aromatic heterocycles. The predicted octanol–water partition coefficient (Wildman–Crippen LogP) is 3.66. The molecule has 2 atom stereocenters. The maximum atomic E-state index is 12.7. The normalized spacial score (nSPS) is 22.0. The fourth-order valence-corrected chi connectivity index (χ4v) is 4.62. The minimum absolute atomic E-state index is 0.0412. The van der Waals surface area contributed by atoms with Crippen LogP contribution in [0.25, 0.3) is 0 Å². The van der Waals surface area contributed by atoms with E-state index in [4.69, 9.17) is 14.2 Å². The second-order valence-corrected chi connectivity index (χ2v) is 8.34. The average molecular weight is 425 g/mol. The summed E-state index contributed by atoms with van der Waals surface area (Å²) in [4.78, 5) is 17.1. The molecule has 31 heavy (non-hydrogen) atoms. The summed E-state index contributed by atoms with van der Waals surface area (Å²) in [7, 11) is 1.67. The van der Waals surface area contributed by atoms with Crippen LogP contribution in [-0.2, 0) is 16.1 Å². The first kappa shape index (κ1) is 21.7. The molecule has 2 fully saturated rings. The van der Waals surface area contributed by atoms with Crippen molar-refractivity contribution < 1.29 is 19.0 Å². The molecule has 0 N–H and O–H groups in total. The third-order valence-corrected chi connectivity index (χ3v) is 6.27. The van der Waals surface area contributed by atoms with Gasteiger partial charge in [-0.05, 0) is 55.7 Å². The quantitative estimate of drug-likeness (QED) is 0.708. The Bertz CT molecular complexity index is 902. The molecule has 4 rings (SSSR count). The molecule has 2 aliphatic rings. The molecular formula is C25H32N2O4. The topological polar surface area (TPSA) is 51.2 Å². The molecule has 0 radical (unpaired) electrons. The summed E-state index contributed by atoms with van der Waals surface area (Å²) in [5.74, 6) is 1.89. The van der Waals surface area contributed by atoms with E-state index in [0.29, 0.717) is 13.2 Å². The molecule has 2 aromatic carbocycles. The van der Waals surface area contributed by atoms with Crippen LogP contribution in [0, 0.1) is 12.8 Å². The van der Waals surface area contributed by atoms with Crippen LogP contribution in [0.4, 0.5) is 5.69 Å². The maximum absolute atomic E-state index is 12.7. The zero-order valence-corrected chi connectivity index (χ0v) is 18.7. The largest absolute Gasteiger partial charge is 0.493 e. The Labute approximate surface area is 184 Å². The van der Waals surface area contributed by atoms with Gasteiger partial charge in [-0.2, -0.15) is 0 Å². The van der Waals surface area contributed by atoms with Gasteiger partial charge >= 0.3 is 0 Å². The van der Waals surface area contributed by atoms with Gasteiger partial charge in [0.25, 0.3) is 5.91 Å². The minimum Gasteiger partial charge on any atom is -0.493 e. The Morgan fingerprint density at radius 1 is 1.13 bits per heavy atom. The van der Waals surface area contributed by atoms with Crippen molar-refractivity contribution in [1.82, 2.24) is 4.90 Å². The van der Waals surface area contributed by atoms with Gasteiger partial charge in [-0.15, -0.1) is 0 Å². The summed E-state index contributed by atoms with van der Waals surface area (Å²) in [6.07, 6.45) is 1.07. The number of carbonyl (C=O) groups excluding carboxylic acids is 1. The van der Waals surface area contributed by atoms with E-state index in [2.05, 4.69) is 24.0 Å². The standard InChI is InChI=1S/C25H32N2O4/c1-4-30-24-13-19(18(2)12-23(24)29-3)14-26-11-10-22-20(15-26)16-27(25(28)17-31-22)21-8-6-5-7-9-21/h5-9,12-13,20,22H,4,10-11,14-17H2,1-3H3/t20-,22+/m1/s1. The van der Waals surface area contributed by atoms with E-state index < -0.39 is 0 Å². The van der Waals surface area contributed by atoms with Crippen molar-refractivity contribution in [3.63, 3.8) is 0 Å². The second kappa shape index (κ2) is 9.71. The van der Waals surface area contributed by atoms with Crippen LogP contribution in [0.5, 0.6) is 11.5 Å². The number of para-hydroxylation sites is 1. The number of hydrogen-bond donors (Lipinski definition) is 0. The average Bonchev–Trinajstić information content (AvgIpc) is 2.95. The van der Waals surface area contributed by atoms with E-state index in [-0.39, 0.29) is 24.5 Å². The summed E-state index contributed by atoms with van der Waals surface area (Å²) in [6.45, 7) is 8.25. The number of amides is 1. The molecule has 1 amide bonds. The fourth-order valence-electron chi connectivity index (χ4n) is 4.62. The number of anilines is 1. The van der Waals surface area contributed by atoms with Gasteiger partial charge in [-0.25, -0.2) is 0 Å². The van der Waals surface area contributed by atoms with Gasteiger partial charge in [0.15, 0.2) is 11.5 Å². The second-order valence-electron chi connectivity index (χ2n) is 8.34. The van der Waals surface area contributed by atoms with Gasteiger partial charge in [0.2, 0.25) is 0 Å². The number of rotatable bonds is 6. The Morgan fingerprint density at radius 2 is 1.94 bits per heavy atom. The van der Waals surface area contributed by atoms with Crippen LogP contribution in [-0.4, -0.2) is 56.9 Å². The fraction of sp³-hybridized carbons (Fsp3) is 0.480. The van der Waals surface area contributed by atoms with Crippen LogP contribution in [0.15, 0.2) is 42.5 Å². The molecule has 6 nitrogen and oxygen atoms in total. The van der Waals surface area contributed by atoms with E-state index >= 15 is 0 Å². The number of likely N-dealkylation sites (tertiary alicyclic amines) is 1. The smallest absolute Gasteiger partial charge is 0.252 e. The number of benzene rings is 2. The summed E-state index contributed by atoms with van der Waals surface area (Å²) in [5.41, 5.74) is 3.38. The van der Waals surface area contributed by atoms with E-state index in [1.54, 1.807) is 7.11 Å². The highest BCUT2D eigenvalue weighted by Gasteiger charge is 2.36. The maximum Gasteiger partial charge on any atom is 0.252 e. The van der Waals surface area contributed by atoms with Crippen LogP contribution < -0.4 is 14.4 Å². The summed E-state index contributed by atoms with van der Waals surface area (Å²) in [5, 5.41) is 0. The lowest BCUT2D eigenvalue weighted by atomic mass is 9.93. The number of aryl methyl sites for hydroxylation is 1. The summed E-state index contributed by atoms with van der Waals surface area (Å²) < 4.78 is 17.3. The van der Waals surface area contributed by atoms with Gasteiger partial charge in [-0.3, -0.25) is 9.69 Å². The SMILES string of the molecule is CCOc1cc(CN2CC[C@@H]3OCC(=O)N(c4ccccc4)C[C@H]3C2)c(C)cc1OC. The number of nitrogens with zero attached hydrogens (tertiary/aromatic N) is 2. The number of fused-ring (bicyclic) bond motifs is 1. The van der Waals surface area contributed by atoms with Crippen LogP contribution in [0.3, 0.4) is 0 Å². The van der Waals surface area contributed by atoms with Crippen molar-refractivity contribution in [2.24, 2.45) is 5.92 Å². The van der Waals surface area contributed by atoms with Crippen molar-refractivity contribution in [2.45, 2.75) is 32.9 Å². The minimum atomic E-state index is 0.0412. The highest BCUT2D eigenvalue weighted by Crippen LogP contribution is 2.33. The lowest BCUT2D eigenvalue weighted by molar-refractivity contribution is -0.124. The van der Waals surface area contributed by atoms with Crippen molar-refractivity contribution in [1.29, 1.82) is 0 Å². The molecule has 0 aliphatic carbocycles. The van der Waals surface area contributed by atoms with Crippen LogP contribution >= 0.6 is 0 Å². The van der Waals surface area contributed by atoms with Gasteiger partial charge in [0, 0.05) is 37.8 Å². The number of carbonyl (C=O) groups is 1. The van der Waals surface area contributed by atoms with E-state index in [0.717, 1.165) is 43.2 Å². The molecule has 0 bridgehead atoms. The van der Waals surface area contributed by atoms with Crippen LogP contribution in [0.2, 0.25) is 0 Å². The monoisotopic (exact) mass is 424 g/mol. The first-order valence-corrected chi connectivity index (χ1v) is 11.1. The molecule has 2 saturated heterocycles. The van der Waals surface area contributed by atoms with Gasteiger partial charge in [0.1, 0.15) is 6.61 Å². The molecule has 6 heteroatoms. The van der Waals surface area contributed by atoms with Gasteiger partial charge in [0.05, 0.1) is 19.8 Å². The summed E-state index contributed by atoms with van der Waals surface area (Å²) in [6, 6.07) is 14.1. The Hall–Kier alpha value is -2.57. The van der Waals surface area contributed by atoms with Crippen molar-refractivity contribution in [3.8, 4) is 11.5 Å². The van der Waals surface area contributed by atoms with Gasteiger partial charge < -0.3 is 19.1 Å². The lowest BCUT2D eigenvalue weighted by Gasteiger charge is -2.38. The van der Waals surface area contributed by atoms with Crippen molar-refractivity contribution in [3.05, 3.63) is 53.6 Å². The number of piperidine rings is 1. The van der Waals surface area contributed by atoms with E-state index in [9.17, 15) is 4.79 Å².